The number of anilines is 1. The van der Waals surface area contributed by atoms with Crippen LogP contribution >= 0.6 is 11.6 Å². The average Bonchev–Trinajstić information content (AvgIpc) is 2.48. The number of carbonyl (C=O) groups excluding carboxylic acids is 1. The van der Waals surface area contributed by atoms with Crippen LogP contribution in [-0.4, -0.2) is 13.0 Å². The van der Waals surface area contributed by atoms with Gasteiger partial charge in [0.15, 0.2) is 0 Å². The van der Waals surface area contributed by atoms with Crippen molar-refractivity contribution in [1.29, 1.82) is 0 Å². The maximum absolute atomic E-state index is 11.9. The summed E-state index contributed by atoms with van der Waals surface area (Å²) >= 11 is 5.94. The minimum absolute atomic E-state index is 0.208. The molecule has 2 aromatic carbocycles. The second kappa shape index (κ2) is 6.95. The molecule has 0 aliphatic carbocycles. The Morgan fingerprint density at radius 3 is 2.57 bits per heavy atom. The van der Waals surface area contributed by atoms with Gasteiger partial charge in [-0.1, -0.05) is 29.3 Å². The van der Waals surface area contributed by atoms with Gasteiger partial charge < -0.3 is 10.1 Å². The van der Waals surface area contributed by atoms with E-state index in [4.69, 9.17) is 16.3 Å². The third-order valence-corrected chi connectivity index (χ3v) is 3.16. The number of benzene rings is 2. The molecule has 0 bridgehead atoms. The number of nitrogens with one attached hydrogen (secondary N) is 1. The Morgan fingerprint density at radius 1 is 1.19 bits per heavy atom. The lowest BCUT2D eigenvalue weighted by Crippen LogP contribution is -2.07. The first-order valence-corrected chi connectivity index (χ1v) is 6.85. The Bertz CT molecular complexity index is 663. The van der Waals surface area contributed by atoms with Crippen molar-refractivity contribution in [2.75, 3.05) is 12.4 Å². The number of rotatable bonds is 4. The van der Waals surface area contributed by atoms with Crippen molar-refractivity contribution in [1.82, 2.24) is 0 Å². The van der Waals surface area contributed by atoms with Crippen LogP contribution in [0.1, 0.15) is 11.1 Å². The molecule has 0 aromatic heterocycles. The maximum atomic E-state index is 11.9. The van der Waals surface area contributed by atoms with Gasteiger partial charge in [0, 0.05) is 22.3 Å². The molecule has 108 valence electrons. The van der Waals surface area contributed by atoms with Crippen LogP contribution in [0.2, 0.25) is 5.02 Å². The van der Waals surface area contributed by atoms with Crippen LogP contribution in [0.5, 0.6) is 5.75 Å². The van der Waals surface area contributed by atoms with Crippen LogP contribution < -0.4 is 10.1 Å². The summed E-state index contributed by atoms with van der Waals surface area (Å²) in [5.41, 5.74) is 2.66. The molecule has 0 atom stereocenters. The van der Waals surface area contributed by atoms with Crippen LogP contribution in [0.4, 0.5) is 5.69 Å². The standard InChI is InChI=1S/C17H16ClNO2/c1-12-3-7-15(8-4-12)19-17(20)10-5-13-11-14(18)6-9-16(13)21-2/h3-11H,1-2H3,(H,19,20)/b10-5+. The molecule has 0 saturated carbocycles. The van der Waals surface area contributed by atoms with E-state index in [1.165, 1.54) is 6.08 Å². The fourth-order valence-electron chi connectivity index (χ4n) is 1.82. The van der Waals surface area contributed by atoms with Crippen LogP contribution in [-0.2, 0) is 4.79 Å². The predicted molar refractivity (Wildman–Crippen MR) is 86.8 cm³/mol. The molecule has 2 rings (SSSR count). The van der Waals surface area contributed by atoms with Crippen LogP contribution in [0.3, 0.4) is 0 Å². The Kier molecular flexibility index (Phi) is 5.01. The highest BCUT2D eigenvalue weighted by Gasteiger charge is 2.02. The quantitative estimate of drug-likeness (QED) is 0.855. The predicted octanol–water partition coefficient (Wildman–Crippen LogP) is 4.31. The van der Waals surface area contributed by atoms with E-state index in [9.17, 15) is 4.79 Å². The molecular weight excluding hydrogens is 286 g/mol. The number of carbonyl (C=O) groups is 1. The molecule has 21 heavy (non-hydrogen) atoms. The first-order valence-electron chi connectivity index (χ1n) is 6.48. The summed E-state index contributed by atoms with van der Waals surface area (Å²) in [6.45, 7) is 2.00. The molecule has 1 amide bonds. The minimum Gasteiger partial charge on any atom is -0.496 e. The van der Waals surface area contributed by atoms with Crippen molar-refractivity contribution in [3.63, 3.8) is 0 Å². The Balaban J connectivity index is 2.08. The van der Waals surface area contributed by atoms with E-state index < -0.39 is 0 Å². The molecule has 0 aliphatic rings. The zero-order valence-electron chi connectivity index (χ0n) is 11.9. The van der Waals surface area contributed by atoms with Crippen molar-refractivity contribution in [2.24, 2.45) is 0 Å². The van der Waals surface area contributed by atoms with Gasteiger partial charge in [-0.15, -0.1) is 0 Å². The second-order valence-electron chi connectivity index (χ2n) is 4.57. The third-order valence-electron chi connectivity index (χ3n) is 2.93. The van der Waals surface area contributed by atoms with Crippen molar-refractivity contribution in [2.45, 2.75) is 6.92 Å². The molecule has 0 fully saturated rings. The second-order valence-corrected chi connectivity index (χ2v) is 5.01. The maximum Gasteiger partial charge on any atom is 0.248 e. The fourth-order valence-corrected chi connectivity index (χ4v) is 2.00. The number of ether oxygens (including phenoxy) is 1. The van der Waals surface area contributed by atoms with E-state index in [0.29, 0.717) is 10.8 Å². The summed E-state index contributed by atoms with van der Waals surface area (Å²) in [5.74, 6) is 0.458. The van der Waals surface area contributed by atoms with Crippen molar-refractivity contribution < 1.29 is 9.53 Å². The van der Waals surface area contributed by atoms with Gasteiger partial charge in [0.25, 0.3) is 0 Å². The Labute approximate surface area is 129 Å². The van der Waals surface area contributed by atoms with Gasteiger partial charge in [-0.05, 0) is 43.3 Å². The Hall–Kier alpha value is -2.26. The van der Waals surface area contributed by atoms with Crippen molar-refractivity contribution in [3.05, 3.63) is 64.7 Å². The highest BCUT2D eigenvalue weighted by molar-refractivity contribution is 6.30. The van der Waals surface area contributed by atoms with Crippen LogP contribution in [0, 0.1) is 6.92 Å². The van der Waals surface area contributed by atoms with Crippen LogP contribution in [0.15, 0.2) is 48.5 Å². The number of methoxy groups -OCH3 is 1. The van der Waals surface area contributed by atoms with Gasteiger partial charge in [-0.3, -0.25) is 4.79 Å². The van der Waals surface area contributed by atoms with E-state index in [0.717, 1.165) is 16.8 Å². The SMILES string of the molecule is COc1ccc(Cl)cc1/C=C/C(=O)Nc1ccc(C)cc1. The molecule has 3 nitrogen and oxygen atoms in total. The van der Waals surface area contributed by atoms with Crippen LogP contribution in [0.25, 0.3) is 6.08 Å². The highest BCUT2D eigenvalue weighted by atomic mass is 35.5. The van der Waals surface area contributed by atoms with E-state index in [1.54, 1.807) is 31.4 Å². The number of hydrogen-bond donors (Lipinski definition) is 1. The smallest absolute Gasteiger partial charge is 0.248 e. The summed E-state index contributed by atoms with van der Waals surface area (Å²) in [7, 11) is 1.58. The molecule has 0 heterocycles. The van der Waals surface area contributed by atoms with E-state index >= 15 is 0 Å². The van der Waals surface area contributed by atoms with E-state index in [-0.39, 0.29) is 5.91 Å². The summed E-state index contributed by atoms with van der Waals surface area (Å²) in [5, 5.41) is 3.38. The summed E-state index contributed by atoms with van der Waals surface area (Å²) in [6, 6.07) is 12.9. The van der Waals surface area contributed by atoms with Gasteiger partial charge in [-0.2, -0.15) is 0 Å². The monoisotopic (exact) mass is 301 g/mol. The zero-order valence-corrected chi connectivity index (χ0v) is 12.6. The van der Waals surface area contributed by atoms with Crippen molar-refractivity contribution in [3.8, 4) is 5.75 Å². The van der Waals surface area contributed by atoms with Gasteiger partial charge in [0.05, 0.1) is 7.11 Å². The number of aryl methyl sites for hydroxylation is 1. The van der Waals surface area contributed by atoms with E-state index in [2.05, 4.69) is 5.32 Å². The summed E-state index contributed by atoms with van der Waals surface area (Å²) in [6.07, 6.45) is 3.13. The highest BCUT2D eigenvalue weighted by Crippen LogP contribution is 2.23. The van der Waals surface area contributed by atoms with Gasteiger partial charge in [0.2, 0.25) is 5.91 Å². The fraction of sp³-hybridized carbons (Fsp3) is 0.118. The van der Waals surface area contributed by atoms with Crippen molar-refractivity contribution >= 4 is 29.3 Å². The normalized spacial score (nSPS) is 10.6. The lowest BCUT2D eigenvalue weighted by molar-refractivity contribution is -0.111. The molecule has 0 saturated heterocycles. The zero-order chi connectivity index (χ0) is 15.2. The first kappa shape index (κ1) is 15.1. The lowest BCUT2D eigenvalue weighted by Gasteiger charge is -2.05. The third kappa shape index (κ3) is 4.36. The van der Waals surface area contributed by atoms with Gasteiger partial charge >= 0.3 is 0 Å². The summed E-state index contributed by atoms with van der Waals surface area (Å²) in [4.78, 5) is 11.9. The molecular formula is C17H16ClNO2. The number of hydrogen-bond acceptors (Lipinski definition) is 2. The molecule has 1 N–H and O–H groups in total. The largest absolute Gasteiger partial charge is 0.496 e. The van der Waals surface area contributed by atoms with E-state index in [1.807, 2.05) is 31.2 Å². The summed E-state index contributed by atoms with van der Waals surface area (Å²) < 4.78 is 5.22. The topological polar surface area (TPSA) is 38.3 Å². The lowest BCUT2D eigenvalue weighted by atomic mass is 10.2. The first-order chi connectivity index (χ1) is 10.1. The molecule has 0 unspecified atom stereocenters. The average molecular weight is 302 g/mol. The molecule has 0 radical (unpaired) electrons. The Morgan fingerprint density at radius 2 is 1.90 bits per heavy atom. The van der Waals surface area contributed by atoms with Gasteiger partial charge in [-0.25, -0.2) is 0 Å². The minimum atomic E-state index is -0.208. The number of amides is 1. The molecule has 0 aliphatic heterocycles. The molecule has 2 aromatic rings. The number of halogens is 1. The molecule has 4 heteroatoms. The molecule has 0 spiro atoms. The van der Waals surface area contributed by atoms with Gasteiger partial charge in [0.1, 0.15) is 5.75 Å².